The van der Waals surface area contributed by atoms with Gasteiger partial charge < -0.3 is 10.5 Å². The summed E-state index contributed by atoms with van der Waals surface area (Å²) in [7, 11) is 0. The van der Waals surface area contributed by atoms with Gasteiger partial charge in [0.2, 0.25) is 0 Å². The van der Waals surface area contributed by atoms with Crippen LogP contribution in [0.4, 0.5) is 0 Å². The van der Waals surface area contributed by atoms with Crippen LogP contribution in [-0.4, -0.2) is 4.99 Å². The normalized spacial score (nSPS) is 10.2. The number of nitrogens with two attached hydrogens (primary N) is 1. The molecule has 2 rings (SSSR count). The van der Waals surface area contributed by atoms with Crippen LogP contribution in [0.15, 0.2) is 42.5 Å². The lowest BCUT2D eigenvalue weighted by Gasteiger charge is -2.11. The van der Waals surface area contributed by atoms with Gasteiger partial charge in [-0.05, 0) is 17.7 Å². The molecular weight excluding hydrogens is 301 g/mol. The maximum Gasteiger partial charge on any atom is 0.139 e. The molecule has 0 fully saturated rings. The number of benzene rings is 2. The minimum atomic E-state index is 0.327. The molecule has 0 aliphatic heterocycles. The van der Waals surface area contributed by atoms with Gasteiger partial charge in [-0.3, -0.25) is 0 Å². The molecule has 19 heavy (non-hydrogen) atoms. The van der Waals surface area contributed by atoms with Crippen LogP contribution in [0.5, 0.6) is 5.75 Å². The summed E-state index contributed by atoms with van der Waals surface area (Å²) >= 11 is 16.9. The van der Waals surface area contributed by atoms with Gasteiger partial charge in [-0.25, -0.2) is 0 Å². The molecule has 0 amide bonds. The highest BCUT2D eigenvalue weighted by molar-refractivity contribution is 7.80. The van der Waals surface area contributed by atoms with Crippen molar-refractivity contribution in [3.05, 3.63) is 63.6 Å². The summed E-state index contributed by atoms with van der Waals surface area (Å²) in [5.74, 6) is 0.534. The zero-order valence-electron chi connectivity index (χ0n) is 9.90. The van der Waals surface area contributed by atoms with E-state index in [4.69, 9.17) is 45.9 Å². The van der Waals surface area contributed by atoms with Gasteiger partial charge in [-0.2, -0.15) is 0 Å². The third-order valence-electron chi connectivity index (χ3n) is 2.56. The molecule has 0 aliphatic rings. The topological polar surface area (TPSA) is 35.2 Å². The third-order valence-corrected chi connectivity index (χ3v) is 3.33. The Kier molecular flexibility index (Phi) is 4.64. The average Bonchev–Trinajstić information content (AvgIpc) is 2.40. The van der Waals surface area contributed by atoms with Crippen LogP contribution in [0.3, 0.4) is 0 Å². The minimum Gasteiger partial charge on any atom is -0.487 e. The number of rotatable bonds is 4. The molecule has 2 nitrogen and oxygen atoms in total. The van der Waals surface area contributed by atoms with Crippen LogP contribution in [-0.2, 0) is 6.61 Å². The fourth-order valence-corrected chi connectivity index (χ4v) is 2.16. The fraction of sp³-hybridized carbons (Fsp3) is 0.0714. The summed E-state index contributed by atoms with van der Waals surface area (Å²) in [4.78, 5) is 0.344. The zero-order valence-corrected chi connectivity index (χ0v) is 12.2. The second-order valence-corrected chi connectivity index (χ2v) is 5.17. The second kappa shape index (κ2) is 6.24. The highest BCUT2D eigenvalue weighted by Gasteiger charge is 2.07. The molecule has 0 aliphatic carbocycles. The number of halogens is 2. The Morgan fingerprint density at radius 1 is 1.16 bits per heavy atom. The number of hydrogen-bond acceptors (Lipinski definition) is 2. The Balaban J connectivity index is 2.19. The van der Waals surface area contributed by atoms with Crippen LogP contribution in [0, 0.1) is 0 Å². The van der Waals surface area contributed by atoms with Crippen molar-refractivity contribution in [2.75, 3.05) is 0 Å². The molecule has 0 heterocycles. The summed E-state index contributed by atoms with van der Waals surface area (Å²) in [5, 5.41) is 1.08. The van der Waals surface area contributed by atoms with Gasteiger partial charge in [-0.15, -0.1) is 0 Å². The maximum atomic E-state index is 6.03. The Hall–Kier alpha value is -1.29. The number of hydrogen-bond donors (Lipinski definition) is 1. The largest absolute Gasteiger partial charge is 0.487 e. The van der Waals surface area contributed by atoms with Crippen molar-refractivity contribution in [3.8, 4) is 5.75 Å². The molecule has 2 aromatic carbocycles. The maximum absolute atomic E-state index is 6.03. The van der Waals surface area contributed by atoms with Gasteiger partial charge in [0.05, 0.1) is 5.02 Å². The van der Waals surface area contributed by atoms with Crippen LogP contribution in [0.25, 0.3) is 0 Å². The average molecular weight is 312 g/mol. The van der Waals surface area contributed by atoms with E-state index >= 15 is 0 Å². The lowest BCUT2D eigenvalue weighted by molar-refractivity contribution is 0.306. The van der Waals surface area contributed by atoms with Gasteiger partial charge in [0.1, 0.15) is 17.3 Å². The first-order valence-electron chi connectivity index (χ1n) is 5.53. The Morgan fingerprint density at radius 3 is 2.63 bits per heavy atom. The van der Waals surface area contributed by atoms with Crippen LogP contribution < -0.4 is 10.5 Å². The molecule has 0 atom stereocenters. The van der Waals surface area contributed by atoms with Crippen LogP contribution in [0.1, 0.15) is 11.1 Å². The molecule has 0 bridgehead atoms. The van der Waals surface area contributed by atoms with E-state index in [1.54, 1.807) is 18.2 Å². The van der Waals surface area contributed by atoms with Gasteiger partial charge >= 0.3 is 0 Å². The molecule has 2 aromatic rings. The van der Waals surface area contributed by atoms with Gasteiger partial charge in [0, 0.05) is 16.7 Å². The Bertz CT molecular complexity index is 616. The molecule has 0 aromatic heterocycles. The van der Waals surface area contributed by atoms with E-state index in [-0.39, 0.29) is 0 Å². The summed E-state index contributed by atoms with van der Waals surface area (Å²) < 4.78 is 5.66. The summed E-state index contributed by atoms with van der Waals surface area (Å²) in [6.45, 7) is 0.327. The quantitative estimate of drug-likeness (QED) is 0.859. The van der Waals surface area contributed by atoms with Gasteiger partial charge in [0.25, 0.3) is 0 Å². The summed E-state index contributed by atoms with van der Waals surface area (Å²) in [6, 6.07) is 12.6. The van der Waals surface area contributed by atoms with Crippen molar-refractivity contribution in [1.82, 2.24) is 0 Å². The molecule has 0 saturated carbocycles. The van der Waals surface area contributed by atoms with E-state index in [0.717, 1.165) is 11.1 Å². The van der Waals surface area contributed by atoms with E-state index in [9.17, 15) is 0 Å². The van der Waals surface area contributed by atoms with Crippen LogP contribution >= 0.6 is 35.4 Å². The standard InChI is InChI=1S/C14H11Cl2NOS/c15-10-5-6-12(16)13(7-10)18-8-9-3-1-2-4-11(9)14(17)19/h1-7H,8H2,(H2,17,19). The first-order chi connectivity index (χ1) is 9.08. The minimum absolute atomic E-state index is 0.327. The van der Waals surface area contributed by atoms with Crippen molar-refractivity contribution in [2.45, 2.75) is 6.61 Å². The van der Waals surface area contributed by atoms with Crippen molar-refractivity contribution in [1.29, 1.82) is 0 Å². The van der Waals surface area contributed by atoms with Crippen molar-refractivity contribution in [3.63, 3.8) is 0 Å². The zero-order chi connectivity index (χ0) is 13.8. The van der Waals surface area contributed by atoms with Gasteiger partial charge in [-0.1, -0.05) is 59.7 Å². The first-order valence-corrected chi connectivity index (χ1v) is 6.70. The van der Waals surface area contributed by atoms with E-state index in [1.807, 2.05) is 24.3 Å². The third kappa shape index (κ3) is 3.60. The molecule has 2 N–H and O–H groups in total. The molecule has 98 valence electrons. The fourth-order valence-electron chi connectivity index (χ4n) is 1.63. The Labute approximate surface area is 127 Å². The first kappa shape index (κ1) is 14.1. The summed E-state index contributed by atoms with van der Waals surface area (Å²) in [5.41, 5.74) is 7.38. The van der Waals surface area contributed by atoms with Crippen molar-refractivity contribution >= 4 is 40.4 Å². The van der Waals surface area contributed by atoms with Crippen LogP contribution in [0.2, 0.25) is 10.0 Å². The molecule has 0 saturated heterocycles. The smallest absolute Gasteiger partial charge is 0.139 e. The monoisotopic (exact) mass is 311 g/mol. The lowest BCUT2D eigenvalue weighted by Crippen LogP contribution is -2.13. The molecule has 0 radical (unpaired) electrons. The Morgan fingerprint density at radius 2 is 1.89 bits per heavy atom. The predicted octanol–water partition coefficient (Wildman–Crippen LogP) is 4.21. The van der Waals surface area contributed by atoms with E-state index < -0.39 is 0 Å². The number of thiocarbonyl (C=S) groups is 1. The molecular formula is C14H11Cl2NOS. The predicted molar refractivity (Wildman–Crippen MR) is 83.1 cm³/mol. The highest BCUT2D eigenvalue weighted by atomic mass is 35.5. The van der Waals surface area contributed by atoms with E-state index in [2.05, 4.69) is 0 Å². The highest BCUT2D eigenvalue weighted by Crippen LogP contribution is 2.28. The van der Waals surface area contributed by atoms with Gasteiger partial charge in [0.15, 0.2) is 0 Å². The molecule has 0 unspecified atom stereocenters. The van der Waals surface area contributed by atoms with Crippen molar-refractivity contribution in [2.24, 2.45) is 5.73 Å². The molecule has 0 spiro atoms. The SMILES string of the molecule is NC(=S)c1ccccc1COc1cc(Cl)ccc1Cl. The van der Waals surface area contributed by atoms with E-state index in [1.165, 1.54) is 0 Å². The van der Waals surface area contributed by atoms with Crippen molar-refractivity contribution < 1.29 is 4.74 Å². The second-order valence-electron chi connectivity index (χ2n) is 3.88. The van der Waals surface area contributed by atoms with E-state index in [0.29, 0.717) is 27.4 Å². The lowest BCUT2D eigenvalue weighted by atomic mass is 10.1. The number of ether oxygens (including phenoxy) is 1. The summed E-state index contributed by atoms with van der Waals surface area (Å²) in [6.07, 6.45) is 0. The molecule has 5 heteroatoms.